The number of hydrogen-bond donors (Lipinski definition) is 0. The Morgan fingerprint density at radius 2 is 2.20 bits per heavy atom. The highest BCUT2D eigenvalue weighted by atomic mass is 16.7. The molecule has 1 saturated carbocycles. The highest BCUT2D eigenvalue weighted by molar-refractivity contribution is 6.01. The first-order valence-corrected chi connectivity index (χ1v) is 6.91. The molecule has 1 aromatic rings. The lowest BCUT2D eigenvalue weighted by Crippen LogP contribution is -2.18. The maximum absolute atomic E-state index is 12.2. The van der Waals surface area contributed by atoms with Gasteiger partial charge in [0, 0.05) is 5.92 Å². The number of methoxy groups -OCH3 is 1. The predicted molar refractivity (Wildman–Crippen MR) is 75.1 cm³/mol. The number of carbonyl (C=O) groups is 1. The minimum absolute atomic E-state index is 0.130. The van der Waals surface area contributed by atoms with E-state index < -0.39 is 0 Å². The summed E-state index contributed by atoms with van der Waals surface area (Å²) in [6.07, 6.45) is 4.85. The topological polar surface area (TPSA) is 44.8 Å². The summed E-state index contributed by atoms with van der Waals surface area (Å²) in [6, 6.07) is 3.78. The zero-order chi connectivity index (χ0) is 14.1. The van der Waals surface area contributed by atoms with E-state index in [2.05, 4.69) is 0 Å². The van der Waals surface area contributed by atoms with Gasteiger partial charge in [0.15, 0.2) is 17.3 Å². The molecule has 1 atom stereocenters. The summed E-state index contributed by atoms with van der Waals surface area (Å²) in [6.45, 7) is 2.21. The quantitative estimate of drug-likeness (QED) is 0.777. The second-order valence-corrected chi connectivity index (χ2v) is 5.28. The predicted octanol–water partition coefficient (Wildman–Crippen LogP) is 3.20. The maximum Gasteiger partial charge on any atom is 0.231 e. The van der Waals surface area contributed by atoms with Crippen LogP contribution in [0.5, 0.6) is 17.2 Å². The molecule has 1 heterocycles. The van der Waals surface area contributed by atoms with Crippen LogP contribution in [0.15, 0.2) is 17.7 Å². The van der Waals surface area contributed by atoms with E-state index in [1.165, 1.54) is 0 Å². The number of ether oxygens (including phenoxy) is 3. The normalized spacial score (nSPS) is 23.2. The van der Waals surface area contributed by atoms with Gasteiger partial charge in [0.25, 0.3) is 0 Å². The third-order valence-electron chi connectivity index (χ3n) is 3.87. The van der Waals surface area contributed by atoms with Gasteiger partial charge in [-0.1, -0.05) is 6.92 Å². The molecule has 20 heavy (non-hydrogen) atoms. The van der Waals surface area contributed by atoms with Gasteiger partial charge < -0.3 is 14.2 Å². The van der Waals surface area contributed by atoms with Crippen molar-refractivity contribution in [1.82, 2.24) is 0 Å². The molecule has 0 saturated heterocycles. The highest BCUT2D eigenvalue weighted by Gasteiger charge is 2.24. The minimum atomic E-state index is 0.130. The molecule has 3 rings (SSSR count). The molecule has 1 aromatic carbocycles. The molecule has 1 aliphatic carbocycles. The molecule has 0 aromatic heterocycles. The van der Waals surface area contributed by atoms with Crippen molar-refractivity contribution in [3.8, 4) is 17.2 Å². The van der Waals surface area contributed by atoms with Crippen molar-refractivity contribution >= 4 is 11.9 Å². The van der Waals surface area contributed by atoms with E-state index in [-0.39, 0.29) is 18.5 Å². The molecule has 4 heteroatoms. The molecule has 0 radical (unpaired) electrons. The molecule has 0 bridgehead atoms. The van der Waals surface area contributed by atoms with Crippen LogP contribution in [0, 0.1) is 5.92 Å². The Bertz CT molecular complexity index is 574. The number of fused-ring (bicyclic) bond motifs is 1. The fourth-order valence-electron chi connectivity index (χ4n) is 2.75. The lowest BCUT2D eigenvalue weighted by atomic mass is 9.84. The summed E-state index contributed by atoms with van der Waals surface area (Å²) >= 11 is 0. The van der Waals surface area contributed by atoms with Crippen LogP contribution < -0.4 is 14.2 Å². The fraction of sp³-hybridized carbons (Fsp3) is 0.438. The van der Waals surface area contributed by atoms with E-state index in [9.17, 15) is 4.79 Å². The summed E-state index contributed by atoms with van der Waals surface area (Å²) in [5.74, 6) is 2.34. The summed E-state index contributed by atoms with van der Waals surface area (Å²) in [5.41, 5.74) is 1.81. The van der Waals surface area contributed by atoms with E-state index in [4.69, 9.17) is 14.2 Å². The van der Waals surface area contributed by atoms with Crippen molar-refractivity contribution in [2.75, 3.05) is 13.9 Å². The highest BCUT2D eigenvalue weighted by Crippen LogP contribution is 2.42. The Labute approximate surface area is 118 Å². The smallest absolute Gasteiger partial charge is 0.231 e. The standard InChI is InChI=1S/C16H18O4/c1-10-4-3-5-12(15(10)17)6-11-7-13(18-2)16-14(8-11)19-9-20-16/h6-8,10H,3-5,9H2,1-2H3/b12-6+/t10-/m1/s1. The third kappa shape index (κ3) is 2.26. The van der Waals surface area contributed by atoms with Gasteiger partial charge in [-0.3, -0.25) is 4.79 Å². The molecule has 106 valence electrons. The van der Waals surface area contributed by atoms with Crippen LogP contribution in [0.4, 0.5) is 0 Å². The summed E-state index contributed by atoms with van der Waals surface area (Å²) in [7, 11) is 1.60. The first-order chi connectivity index (χ1) is 9.69. The van der Waals surface area contributed by atoms with Crippen LogP contribution in [-0.4, -0.2) is 19.7 Å². The average molecular weight is 274 g/mol. The van der Waals surface area contributed by atoms with E-state index in [1.807, 2.05) is 25.1 Å². The lowest BCUT2D eigenvalue weighted by molar-refractivity contribution is -0.119. The maximum atomic E-state index is 12.2. The van der Waals surface area contributed by atoms with Gasteiger partial charge in [-0.15, -0.1) is 0 Å². The number of ketones is 1. The van der Waals surface area contributed by atoms with Crippen molar-refractivity contribution in [3.05, 3.63) is 23.3 Å². The number of rotatable bonds is 2. The van der Waals surface area contributed by atoms with Crippen molar-refractivity contribution < 1.29 is 19.0 Å². The molecule has 0 N–H and O–H groups in total. The van der Waals surface area contributed by atoms with E-state index in [1.54, 1.807) is 7.11 Å². The van der Waals surface area contributed by atoms with Crippen molar-refractivity contribution in [2.45, 2.75) is 26.2 Å². The summed E-state index contributed by atoms with van der Waals surface area (Å²) < 4.78 is 16.1. The molecule has 1 fully saturated rings. The molecule has 2 aliphatic rings. The van der Waals surface area contributed by atoms with Crippen LogP contribution in [0.1, 0.15) is 31.7 Å². The molecule has 0 unspecified atom stereocenters. The molecule has 0 spiro atoms. The summed E-state index contributed by atoms with van der Waals surface area (Å²) in [5, 5.41) is 0. The molecular formula is C16H18O4. The molecule has 0 amide bonds. The largest absolute Gasteiger partial charge is 0.493 e. The first-order valence-electron chi connectivity index (χ1n) is 6.91. The van der Waals surface area contributed by atoms with Crippen molar-refractivity contribution in [3.63, 3.8) is 0 Å². The second kappa shape index (κ2) is 5.19. The Morgan fingerprint density at radius 3 is 3.00 bits per heavy atom. The van der Waals surface area contributed by atoms with Gasteiger partial charge in [-0.25, -0.2) is 0 Å². The van der Waals surface area contributed by atoms with Crippen molar-refractivity contribution in [2.24, 2.45) is 5.92 Å². The van der Waals surface area contributed by atoms with E-state index in [0.717, 1.165) is 30.4 Å². The van der Waals surface area contributed by atoms with Gasteiger partial charge in [0.05, 0.1) is 7.11 Å². The fourth-order valence-corrected chi connectivity index (χ4v) is 2.75. The van der Waals surface area contributed by atoms with Crippen LogP contribution in [0.3, 0.4) is 0 Å². The molecule has 1 aliphatic heterocycles. The van der Waals surface area contributed by atoms with Crippen LogP contribution in [0.2, 0.25) is 0 Å². The average Bonchev–Trinajstić information content (AvgIpc) is 2.91. The van der Waals surface area contributed by atoms with Gasteiger partial charge in [0.1, 0.15) is 0 Å². The van der Waals surface area contributed by atoms with E-state index in [0.29, 0.717) is 17.2 Å². The van der Waals surface area contributed by atoms with Crippen molar-refractivity contribution in [1.29, 1.82) is 0 Å². The number of benzene rings is 1. The summed E-state index contributed by atoms with van der Waals surface area (Å²) in [4.78, 5) is 12.2. The number of Topliss-reactive ketones (excluding diaryl/α,β-unsaturated/α-hetero) is 1. The zero-order valence-electron chi connectivity index (χ0n) is 11.8. The zero-order valence-corrected chi connectivity index (χ0v) is 11.8. The van der Waals surface area contributed by atoms with Crippen LogP contribution >= 0.6 is 0 Å². The number of hydrogen-bond acceptors (Lipinski definition) is 4. The molecule has 4 nitrogen and oxygen atoms in total. The Kier molecular flexibility index (Phi) is 3.38. The first kappa shape index (κ1) is 13.0. The van der Waals surface area contributed by atoms with E-state index >= 15 is 0 Å². The van der Waals surface area contributed by atoms with Gasteiger partial charge >= 0.3 is 0 Å². The van der Waals surface area contributed by atoms with Gasteiger partial charge in [0.2, 0.25) is 12.5 Å². The Balaban J connectivity index is 1.96. The number of carbonyl (C=O) groups excluding carboxylic acids is 1. The third-order valence-corrected chi connectivity index (χ3v) is 3.87. The lowest BCUT2D eigenvalue weighted by Gasteiger charge is -2.19. The Morgan fingerprint density at radius 1 is 1.35 bits per heavy atom. The van der Waals surface area contributed by atoms with Crippen LogP contribution in [-0.2, 0) is 4.79 Å². The Hall–Kier alpha value is -1.97. The molecular weight excluding hydrogens is 256 g/mol. The van der Waals surface area contributed by atoms with Gasteiger partial charge in [-0.05, 0) is 48.6 Å². The van der Waals surface area contributed by atoms with Gasteiger partial charge in [-0.2, -0.15) is 0 Å². The second-order valence-electron chi connectivity index (χ2n) is 5.28. The van der Waals surface area contributed by atoms with Crippen LogP contribution in [0.25, 0.3) is 6.08 Å². The number of allylic oxidation sites excluding steroid dienone is 1. The minimum Gasteiger partial charge on any atom is -0.493 e. The monoisotopic (exact) mass is 274 g/mol. The SMILES string of the molecule is COc1cc(/C=C2\CCC[C@@H](C)C2=O)cc2c1OCO2.